The summed E-state index contributed by atoms with van der Waals surface area (Å²) in [6, 6.07) is 0.280. The summed E-state index contributed by atoms with van der Waals surface area (Å²) in [5, 5.41) is 13.2. The van der Waals surface area contributed by atoms with E-state index in [0.29, 0.717) is 6.61 Å². The van der Waals surface area contributed by atoms with Crippen molar-refractivity contribution in [1.29, 1.82) is 0 Å². The van der Waals surface area contributed by atoms with Gasteiger partial charge in [0.15, 0.2) is 0 Å². The number of aryl methyl sites for hydroxylation is 1. The number of nitrogens with zero attached hydrogens (tertiary/aromatic N) is 2. The molecule has 1 atom stereocenters. The first-order chi connectivity index (χ1) is 6.26. The van der Waals surface area contributed by atoms with Gasteiger partial charge >= 0.3 is 0 Å². The molecular formula is C8H15N3OS. The van der Waals surface area contributed by atoms with Crippen LogP contribution in [0.2, 0.25) is 0 Å². The average Bonchev–Trinajstić information content (AvgIpc) is 2.52. The molecule has 1 heterocycles. The quantitative estimate of drug-likeness (QED) is 0.785. The molecule has 74 valence electrons. The van der Waals surface area contributed by atoms with Gasteiger partial charge in [0.2, 0.25) is 5.13 Å². The molecule has 13 heavy (non-hydrogen) atoms. The third-order valence-corrected chi connectivity index (χ3v) is 2.55. The van der Waals surface area contributed by atoms with E-state index in [1.807, 2.05) is 0 Å². The maximum Gasteiger partial charge on any atom is 0.205 e. The van der Waals surface area contributed by atoms with Crippen LogP contribution in [0.15, 0.2) is 0 Å². The van der Waals surface area contributed by atoms with Crippen molar-refractivity contribution in [2.75, 3.05) is 19.0 Å². The zero-order chi connectivity index (χ0) is 9.68. The Kier molecular flexibility index (Phi) is 4.11. The highest BCUT2D eigenvalue weighted by molar-refractivity contribution is 7.15. The van der Waals surface area contributed by atoms with Gasteiger partial charge in [0.05, 0.1) is 6.61 Å². The van der Waals surface area contributed by atoms with E-state index >= 15 is 0 Å². The summed E-state index contributed by atoms with van der Waals surface area (Å²) in [6.45, 7) is 4.81. The Morgan fingerprint density at radius 3 is 2.85 bits per heavy atom. The molecule has 0 saturated carbocycles. The van der Waals surface area contributed by atoms with Gasteiger partial charge in [-0.3, -0.25) is 0 Å². The summed E-state index contributed by atoms with van der Waals surface area (Å²) in [4.78, 5) is 0. The normalized spacial score (nSPS) is 12.8. The summed E-state index contributed by atoms with van der Waals surface area (Å²) in [5.74, 6) is 0. The topological polar surface area (TPSA) is 47.0 Å². The molecule has 4 nitrogen and oxygen atoms in total. The van der Waals surface area contributed by atoms with E-state index < -0.39 is 0 Å². The number of nitrogens with one attached hydrogen (secondary N) is 1. The first kappa shape index (κ1) is 10.4. The Balaban J connectivity index is 2.44. The van der Waals surface area contributed by atoms with Crippen molar-refractivity contribution >= 4 is 16.5 Å². The first-order valence-electron chi connectivity index (χ1n) is 4.34. The van der Waals surface area contributed by atoms with E-state index in [1.54, 1.807) is 18.4 Å². The second kappa shape index (κ2) is 5.14. The van der Waals surface area contributed by atoms with Crippen LogP contribution in [0, 0.1) is 0 Å². The minimum Gasteiger partial charge on any atom is -0.383 e. The van der Waals surface area contributed by atoms with Crippen LogP contribution in [0.25, 0.3) is 0 Å². The van der Waals surface area contributed by atoms with E-state index in [1.165, 1.54) is 0 Å². The highest BCUT2D eigenvalue weighted by atomic mass is 32.1. The third kappa shape index (κ3) is 3.28. The predicted molar refractivity (Wildman–Crippen MR) is 54.2 cm³/mol. The van der Waals surface area contributed by atoms with Gasteiger partial charge in [-0.05, 0) is 13.3 Å². The molecular weight excluding hydrogens is 186 g/mol. The van der Waals surface area contributed by atoms with Crippen LogP contribution in [0.4, 0.5) is 5.13 Å². The zero-order valence-electron chi connectivity index (χ0n) is 8.20. The van der Waals surface area contributed by atoms with Crippen molar-refractivity contribution in [2.24, 2.45) is 0 Å². The number of hydrogen-bond acceptors (Lipinski definition) is 5. The summed E-state index contributed by atoms with van der Waals surface area (Å²) in [6.07, 6.45) is 0.942. The van der Waals surface area contributed by atoms with Crippen LogP contribution in [0.1, 0.15) is 18.9 Å². The molecule has 0 aliphatic carbocycles. The Labute approximate surface area is 82.3 Å². The molecule has 1 rings (SSSR count). The van der Waals surface area contributed by atoms with Gasteiger partial charge in [0.25, 0.3) is 0 Å². The lowest BCUT2D eigenvalue weighted by Crippen LogP contribution is -2.20. The predicted octanol–water partition coefficient (Wildman–Crippen LogP) is 1.55. The van der Waals surface area contributed by atoms with Crippen molar-refractivity contribution in [3.8, 4) is 0 Å². The fourth-order valence-electron chi connectivity index (χ4n) is 0.957. The molecule has 0 amide bonds. The second-order valence-corrected chi connectivity index (χ2v) is 3.92. The molecule has 5 heteroatoms. The van der Waals surface area contributed by atoms with E-state index in [4.69, 9.17) is 4.74 Å². The van der Waals surface area contributed by atoms with Crippen LogP contribution in [0.5, 0.6) is 0 Å². The molecule has 1 aromatic heterocycles. The molecule has 0 aliphatic rings. The van der Waals surface area contributed by atoms with E-state index in [9.17, 15) is 0 Å². The Morgan fingerprint density at radius 1 is 1.54 bits per heavy atom. The van der Waals surface area contributed by atoms with Crippen molar-refractivity contribution in [3.05, 3.63) is 5.01 Å². The maximum absolute atomic E-state index is 5.00. The smallest absolute Gasteiger partial charge is 0.205 e. The summed E-state index contributed by atoms with van der Waals surface area (Å²) in [7, 11) is 1.69. The van der Waals surface area contributed by atoms with Gasteiger partial charge in [-0.2, -0.15) is 0 Å². The van der Waals surface area contributed by atoms with Crippen molar-refractivity contribution in [2.45, 2.75) is 26.3 Å². The monoisotopic (exact) mass is 201 g/mol. The van der Waals surface area contributed by atoms with Gasteiger partial charge in [-0.15, -0.1) is 10.2 Å². The van der Waals surface area contributed by atoms with Crippen LogP contribution < -0.4 is 5.32 Å². The van der Waals surface area contributed by atoms with Gasteiger partial charge in [-0.1, -0.05) is 18.3 Å². The standard InChI is InChI=1S/C8H15N3OS/c1-4-7-10-11-8(13-7)9-6(2)5-12-3/h6H,4-5H2,1-3H3,(H,9,11). The lowest BCUT2D eigenvalue weighted by atomic mass is 10.4. The molecule has 0 bridgehead atoms. The van der Waals surface area contributed by atoms with Crippen molar-refractivity contribution < 1.29 is 4.74 Å². The average molecular weight is 201 g/mol. The molecule has 0 radical (unpaired) electrons. The lowest BCUT2D eigenvalue weighted by Gasteiger charge is -2.09. The van der Waals surface area contributed by atoms with Gasteiger partial charge in [0.1, 0.15) is 5.01 Å². The van der Waals surface area contributed by atoms with Gasteiger partial charge < -0.3 is 10.1 Å². The third-order valence-electron chi connectivity index (χ3n) is 1.56. The summed E-state index contributed by atoms with van der Waals surface area (Å²) in [5.41, 5.74) is 0. The van der Waals surface area contributed by atoms with Gasteiger partial charge in [0, 0.05) is 13.2 Å². The molecule has 0 aromatic carbocycles. The molecule has 0 aliphatic heterocycles. The number of methoxy groups -OCH3 is 1. The minimum atomic E-state index is 0.280. The second-order valence-electron chi connectivity index (χ2n) is 2.86. The zero-order valence-corrected chi connectivity index (χ0v) is 9.02. The van der Waals surface area contributed by atoms with Crippen LogP contribution in [-0.4, -0.2) is 30.0 Å². The summed E-state index contributed by atoms with van der Waals surface area (Å²) >= 11 is 1.60. The number of anilines is 1. The minimum absolute atomic E-state index is 0.280. The lowest BCUT2D eigenvalue weighted by molar-refractivity contribution is 0.190. The number of ether oxygens (including phenoxy) is 1. The molecule has 0 saturated heterocycles. The molecule has 1 unspecified atom stereocenters. The van der Waals surface area contributed by atoms with E-state index in [2.05, 4.69) is 29.4 Å². The first-order valence-corrected chi connectivity index (χ1v) is 5.15. The fourth-order valence-corrected chi connectivity index (χ4v) is 1.75. The number of rotatable bonds is 5. The molecule has 1 aromatic rings. The highest BCUT2D eigenvalue weighted by Crippen LogP contribution is 2.16. The van der Waals surface area contributed by atoms with Crippen molar-refractivity contribution in [3.63, 3.8) is 0 Å². The Bertz CT molecular complexity index is 251. The van der Waals surface area contributed by atoms with E-state index in [-0.39, 0.29) is 6.04 Å². The Hall–Kier alpha value is -0.680. The number of hydrogen-bond donors (Lipinski definition) is 1. The van der Waals surface area contributed by atoms with Crippen LogP contribution in [0.3, 0.4) is 0 Å². The van der Waals surface area contributed by atoms with Crippen molar-refractivity contribution in [1.82, 2.24) is 10.2 Å². The molecule has 1 N–H and O–H groups in total. The van der Waals surface area contributed by atoms with E-state index in [0.717, 1.165) is 16.6 Å². The van der Waals surface area contributed by atoms with Crippen LogP contribution in [-0.2, 0) is 11.2 Å². The largest absolute Gasteiger partial charge is 0.383 e. The maximum atomic E-state index is 5.00. The summed E-state index contributed by atoms with van der Waals surface area (Å²) < 4.78 is 5.00. The Morgan fingerprint density at radius 2 is 2.31 bits per heavy atom. The van der Waals surface area contributed by atoms with Gasteiger partial charge in [-0.25, -0.2) is 0 Å². The fraction of sp³-hybridized carbons (Fsp3) is 0.750. The SMILES string of the molecule is CCc1nnc(NC(C)COC)s1. The molecule has 0 spiro atoms. The highest BCUT2D eigenvalue weighted by Gasteiger charge is 2.05. The molecule has 0 fully saturated rings. The number of aromatic nitrogens is 2. The van der Waals surface area contributed by atoms with Crippen LogP contribution >= 0.6 is 11.3 Å².